The molecule has 2 aromatic carbocycles. The van der Waals surface area contributed by atoms with Gasteiger partial charge in [-0.2, -0.15) is 0 Å². The maximum absolute atomic E-state index is 13.4. The van der Waals surface area contributed by atoms with Gasteiger partial charge in [-0.3, -0.25) is 14.7 Å². The molecule has 0 radical (unpaired) electrons. The molecule has 0 saturated carbocycles. The van der Waals surface area contributed by atoms with Crippen LogP contribution in [0.3, 0.4) is 0 Å². The number of rotatable bonds is 10. The van der Waals surface area contributed by atoms with E-state index < -0.39 is 9.84 Å². The minimum Gasteiger partial charge on any atom is -0.495 e. The number of pyridine rings is 1. The van der Waals surface area contributed by atoms with E-state index in [9.17, 15) is 13.2 Å². The summed E-state index contributed by atoms with van der Waals surface area (Å²) in [5.41, 5.74) is 2.42. The predicted molar refractivity (Wildman–Crippen MR) is 141 cm³/mol. The molecule has 0 aliphatic rings. The van der Waals surface area contributed by atoms with Crippen LogP contribution in [0.2, 0.25) is 0 Å². The first-order chi connectivity index (χ1) is 17.3. The largest absolute Gasteiger partial charge is 0.495 e. The number of methoxy groups -OCH3 is 2. The molecule has 0 unspecified atom stereocenters. The summed E-state index contributed by atoms with van der Waals surface area (Å²) in [6.45, 7) is 2.15. The van der Waals surface area contributed by atoms with E-state index in [0.29, 0.717) is 22.1 Å². The van der Waals surface area contributed by atoms with E-state index in [1.165, 1.54) is 11.3 Å². The molecule has 2 heterocycles. The van der Waals surface area contributed by atoms with E-state index >= 15 is 0 Å². The Morgan fingerprint density at radius 3 is 2.42 bits per heavy atom. The fourth-order valence-corrected chi connectivity index (χ4v) is 6.14. The topological polar surface area (TPSA) is 98.7 Å². The first-order valence-corrected chi connectivity index (χ1v) is 13.8. The van der Waals surface area contributed by atoms with Crippen molar-refractivity contribution >= 4 is 42.4 Å². The zero-order valence-corrected chi connectivity index (χ0v) is 21.9. The summed E-state index contributed by atoms with van der Waals surface area (Å²) in [7, 11) is -0.347. The Labute approximate surface area is 214 Å². The number of hydrogen-bond donors (Lipinski definition) is 0. The Bertz CT molecular complexity index is 1410. The van der Waals surface area contributed by atoms with Crippen molar-refractivity contribution in [3.8, 4) is 11.5 Å². The molecule has 0 aliphatic carbocycles. The summed E-state index contributed by atoms with van der Waals surface area (Å²) in [4.78, 5) is 24.1. The molecule has 0 aliphatic heterocycles. The van der Waals surface area contributed by atoms with Crippen LogP contribution < -0.4 is 14.4 Å². The van der Waals surface area contributed by atoms with Gasteiger partial charge in [-0.05, 0) is 49.2 Å². The van der Waals surface area contributed by atoms with E-state index in [2.05, 4.69) is 4.98 Å². The van der Waals surface area contributed by atoms with Gasteiger partial charge in [0, 0.05) is 18.8 Å². The summed E-state index contributed by atoms with van der Waals surface area (Å²) < 4.78 is 37.2. The van der Waals surface area contributed by atoms with E-state index in [4.69, 9.17) is 14.5 Å². The number of amides is 1. The molecule has 0 spiro atoms. The lowest BCUT2D eigenvalue weighted by Crippen LogP contribution is -2.30. The van der Waals surface area contributed by atoms with Crippen LogP contribution in [0.4, 0.5) is 5.13 Å². The Morgan fingerprint density at radius 1 is 1.03 bits per heavy atom. The molecule has 188 valence electrons. The first-order valence-electron chi connectivity index (χ1n) is 11.3. The van der Waals surface area contributed by atoms with Crippen molar-refractivity contribution in [2.75, 3.05) is 24.9 Å². The zero-order valence-electron chi connectivity index (χ0n) is 20.3. The number of aromatic nitrogens is 2. The smallest absolute Gasteiger partial charge is 0.229 e. The van der Waals surface area contributed by atoms with Gasteiger partial charge in [0.2, 0.25) is 5.91 Å². The molecule has 0 atom stereocenters. The number of hydrogen-bond acceptors (Lipinski definition) is 8. The SMILES string of the molecule is COc1ccc(OC)c2sc(N(Cc3cccnc3)C(=O)CCCS(=O)(=O)c3ccc(C)cc3)nc12. The van der Waals surface area contributed by atoms with Crippen LogP contribution in [0.15, 0.2) is 65.8 Å². The fraction of sp³-hybridized carbons (Fsp3) is 0.269. The molecule has 0 bridgehead atoms. The lowest BCUT2D eigenvalue weighted by molar-refractivity contribution is -0.118. The molecule has 0 N–H and O–H groups in total. The molecule has 36 heavy (non-hydrogen) atoms. The van der Waals surface area contributed by atoms with Crippen molar-refractivity contribution in [3.63, 3.8) is 0 Å². The number of sulfone groups is 1. The number of anilines is 1. The number of thiazole rings is 1. The van der Waals surface area contributed by atoms with Crippen LogP contribution in [0.25, 0.3) is 10.2 Å². The maximum Gasteiger partial charge on any atom is 0.229 e. The second kappa shape index (κ2) is 11.0. The molecular weight excluding hydrogens is 498 g/mol. The van der Waals surface area contributed by atoms with E-state index in [0.717, 1.165) is 15.8 Å². The zero-order chi connectivity index (χ0) is 25.7. The van der Waals surface area contributed by atoms with Crippen LogP contribution in [0.1, 0.15) is 24.0 Å². The van der Waals surface area contributed by atoms with Crippen LogP contribution >= 0.6 is 11.3 Å². The number of fused-ring (bicyclic) bond motifs is 1. The van der Waals surface area contributed by atoms with Gasteiger partial charge in [0.05, 0.1) is 31.4 Å². The second-order valence-electron chi connectivity index (χ2n) is 8.22. The van der Waals surface area contributed by atoms with Gasteiger partial charge in [0.15, 0.2) is 15.0 Å². The second-order valence-corrected chi connectivity index (χ2v) is 11.3. The van der Waals surface area contributed by atoms with Crippen molar-refractivity contribution < 1.29 is 22.7 Å². The summed E-state index contributed by atoms with van der Waals surface area (Å²) >= 11 is 1.32. The normalized spacial score (nSPS) is 11.4. The van der Waals surface area contributed by atoms with Crippen LogP contribution in [-0.4, -0.2) is 44.3 Å². The Morgan fingerprint density at radius 2 is 1.75 bits per heavy atom. The van der Waals surface area contributed by atoms with Crippen LogP contribution in [0.5, 0.6) is 11.5 Å². The summed E-state index contributed by atoms with van der Waals surface area (Å²) in [5.74, 6) is 0.859. The fourth-order valence-electron chi connectivity index (χ4n) is 3.74. The third kappa shape index (κ3) is 5.66. The molecule has 0 fully saturated rings. The summed E-state index contributed by atoms with van der Waals surface area (Å²) in [6.07, 6.45) is 3.60. The lowest BCUT2D eigenvalue weighted by Gasteiger charge is -2.20. The van der Waals surface area contributed by atoms with Gasteiger partial charge < -0.3 is 9.47 Å². The van der Waals surface area contributed by atoms with E-state index in [1.54, 1.807) is 74.0 Å². The van der Waals surface area contributed by atoms with Crippen molar-refractivity contribution in [2.45, 2.75) is 31.2 Å². The molecule has 8 nitrogen and oxygen atoms in total. The van der Waals surface area contributed by atoms with Gasteiger partial charge in [-0.15, -0.1) is 0 Å². The standard InChI is InChI=1S/C26H27N3O5S2/c1-18-8-10-20(11-9-18)36(31,32)15-5-7-23(30)29(17-19-6-4-14-27-16-19)26-28-24-21(33-2)12-13-22(34-3)25(24)35-26/h4,6,8-14,16H,5,7,15,17H2,1-3H3. The molecule has 4 rings (SSSR count). The number of aryl methyl sites for hydroxylation is 1. The molecule has 0 saturated heterocycles. The monoisotopic (exact) mass is 525 g/mol. The summed E-state index contributed by atoms with van der Waals surface area (Å²) in [6, 6.07) is 14.0. The summed E-state index contributed by atoms with van der Waals surface area (Å²) in [5, 5.41) is 0.475. The highest BCUT2D eigenvalue weighted by Gasteiger charge is 2.24. The van der Waals surface area contributed by atoms with Gasteiger partial charge in [-0.25, -0.2) is 13.4 Å². The number of nitrogens with zero attached hydrogens (tertiary/aromatic N) is 3. The maximum atomic E-state index is 13.4. The molecular formula is C26H27N3O5S2. The van der Waals surface area contributed by atoms with Crippen LogP contribution in [-0.2, 0) is 21.2 Å². The van der Waals surface area contributed by atoms with E-state index in [1.807, 2.05) is 13.0 Å². The Hall–Kier alpha value is -3.50. The molecule has 2 aromatic heterocycles. The van der Waals surface area contributed by atoms with Crippen molar-refractivity contribution in [1.82, 2.24) is 9.97 Å². The van der Waals surface area contributed by atoms with Crippen molar-refractivity contribution in [3.05, 3.63) is 72.1 Å². The third-order valence-corrected chi connectivity index (χ3v) is 8.59. The lowest BCUT2D eigenvalue weighted by atomic mass is 10.2. The van der Waals surface area contributed by atoms with Crippen LogP contribution in [0, 0.1) is 6.92 Å². The highest BCUT2D eigenvalue weighted by atomic mass is 32.2. The highest BCUT2D eigenvalue weighted by molar-refractivity contribution is 7.91. The number of carbonyl (C=O) groups excluding carboxylic acids is 1. The third-order valence-electron chi connectivity index (χ3n) is 5.68. The predicted octanol–water partition coefficient (Wildman–Crippen LogP) is 4.80. The number of ether oxygens (including phenoxy) is 2. The minimum absolute atomic E-state index is 0.0511. The van der Waals surface area contributed by atoms with E-state index in [-0.39, 0.29) is 35.9 Å². The Balaban J connectivity index is 1.59. The molecule has 10 heteroatoms. The number of carbonyl (C=O) groups is 1. The number of benzene rings is 2. The highest BCUT2D eigenvalue weighted by Crippen LogP contribution is 2.40. The van der Waals surface area contributed by atoms with Gasteiger partial charge in [0.1, 0.15) is 21.7 Å². The average Bonchev–Trinajstić information content (AvgIpc) is 3.32. The first kappa shape index (κ1) is 25.6. The minimum atomic E-state index is -3.49. The molecule has 1 amide bonds. The Kier molecular flexibility index (Phi) is 7.85. The van der Waals surface area contributed by atoms with Gasteiger partial charge >= 0.3 is 0 Å². The van der Waals surface area contributed by atoms with Gasteiger partial charge in [0.25, 0.3) is 0 Å². The average molecular weight is 526 g/mol. The van der Waals surface area contributed by atoms with Crippen molar-refractivity contribution in [1.29, 1.82) is 0 Å². The van der Waals surface area contributed by atoms with Gasteiger partial charge in [-0.1, -0.05) is 35.1 Å². The molecule has 4 aromatic rings. The quantitative estimate of drug-likeness (QED) is 0.293. The van der Waals surface area contributed by atoms with Crippen molar-refractivity contribution in [2.24, 2.45) is 0 Å².